The molecule has 0 fully saturated rings. The van der Waals surface area contributed by atoms with Crippen LogP contribution in [0.2, 0.25) is 0 Å². The summed E-state index contributed by atoms with van der Waals surface area (Å²) in [4.78, 5) is 0. The first-order valence-electron chi connectivity index (χ1n) is 2.93. The molecule has 0 heterocycles. The van der Waals surface area contributed by atoms with Crippen molar-refractivity contribution in [1.82, 2.24) is 0 Å². The molecule has 3 N–H and O–H groups in total. The fourth-order valence-corrected chi connectivity index (χ4v) is 0.740. The highest BCUT2D eigenvalue weighted by atomic mass is 32.2. The Morgan fingerprint density at radius 3 is 1.70 bits per heavy atom. The normalized spacial score (nSPS) is 13.8. The Labute approximate surface area is 70.9 Å². The number of hydrogen-bond acceptors (Lipinski definition) is 5. The second-order valence-electron chi connectivity index (χ2n) is 2.20. The lowest BCUT2D eigenvalue weighted by Crippen LogP contribution is -2.46. The summed E-state index contributed by atoms with van der Waals surface area (Å²) in [6, 6.07) is 0. The molecule has 0 aromatic heterocycles. The first-order valence-corrected chi connectivity index (χ1v) is 3.82. The molecule has 0 aromatic carbocycles. The maximum Gasteiger partial charge on any atom is 0.212 e. The SMILES string of the molecule is CCCC(O)(O)C(O)(S)S. The maximum absolute atomic E-state index is 9.00. The predicted molar refractivity (Wildman–Crippen MR) is 45.0 cm³/mol. The van der Waals surface area contributed by atoms with Crippen molar-refractivity contribution in [2.45, 2.75) is 29.8 Å². The molecule has 0 spiro atoms. The first-order chi connectivity index (χ1) is 4.31. The lowest BCUT2D eigenvalue weighted by atomic mass is 10.1. The molecule has 0 aromatic rings. The Morgan fingerprint density at radius 1 is 1.20 bits per heavy atom. The van der Waals surface area contributed by atoms with Crippen LogP contribution in [-0.2, 0) is 0 Å². The molecule has 0 radical (unpaired) electrons. The van der Waals surface area contributed by atoms with Crippen LogP contribution >= 0.6 is 25.3 Å². The van der Waals surface area contributed by atoms with Gasteiger partial charge in [-0.1, -0.05) is 13.3 Å². The van der Waals surface area contributed by atoms with Gasteiger partial charge in [-0.05, 0) is 0 Å². The van der Waals surface area contributed by atoms with Crippen LogP contribution in [0.1, 0.15) is 19.8 Å². The molecule has 0 aliphatic carbocycles. The van der Waals surface area contributed by atoms with E-state index >= 15 is 0 Å². The van der Waals surface area contributed by atoms with E-state index in [2.05, 4.69) is 25.3 Å². The zero-order valence-electron chi connectivity index (χ0n) is 5.65. The van der Waals surface area contributed by atoms with Crippen molar-refractivity contribution in [2.75, 3.05) is 0 Å². The lowest BCUT2D eigenvalue weighted by Gasteiger charge is -2.31. The van der Waals surface area contributed by atoms with Crippen LogP contribution in [0.15, 0.2) is 0 Å². The van der Waals surface area contributed by atoms with Crippen molar-refractivity contribution in [3.63, 3.8) is 0 Å². The summed E-state index contributed by atoms with van der Waals surface area (Å²) < 4.78 is -2.05. The third-order valence-corrected chi connectivity index (χ3v) is 1.85. The van der Waals surface area contributed by atoms with E-state index in [1.54, 1.807) is 6.92 Å². The minimum Gasteiger partial charge on any atom is -0.366 e. The summed E-state index contributed by atoms with van der Waals surface area (Å²) >= 11 is 6.98. The quantitative estimate of drug-likeness (QED) is 0.316. The summed E-state index contributed by atoms with van der Waals surface area (Å²) in [5.41, 5.74) is 0. The molecule has 62 valence electrons. The van der Waals surface area contributed by atoms with Crippen LogP contribution in [0.5, 0.6) is 0 Å². The Morgan fingerprint density at radius 2 is 1.60 bits per heavy atom. The second-order valence-corrected chi connectivity index (χ2v) is 3.85. The van der Waals surface area contributed by atoms with Gasteiger partial charge < -0.3 is 15.3 Å². The van der Waals surface area contributed by atoms with E-state index in [1.165, 1.54) is 0 Å². The second kappa shape index (κ2) is 3.32. The van der Waals surface area contributed by atoms with Crippen LogP contribution in [0.25, 0.3) is 0 Å². The largest absolute Gasteiger partial charge is 0.366 e. The molecular formula is C5H12O3S2. The van der Waals surface area contributed by atoms with Gasteiger partial charge in [-0.3, -0.25) is 0 Å². The molecule has 3 nitrogen and oxygen atoms in total. The third-order valence-electron chi connectivity index (χ3n) is 1.14. The fraction of sp³-hybridized carbons (Fsp3) is 1.00. The highest BCUT2D eigenvalue weighted by Gasteiger charge is 2.41. The number of rotatable bonds is 3. The van der Waals surface area contributed by atoms with E-state index in [-0.39, 0.29) is 6.42 Å². The Kier molecular flexibility index (Phi) is 3.51. The van der Waals surface area contributed by atoms with Crippen LogP contribution in [-0.4, -0.2) is 25.4 Å². The van der Waals surface area contributed by atoms with Gasteiger partial charge in [0.1, 0.15) is 0 Å². The summed E-state index contributed by atoms with van der Waals surface area (Å²) in [5, 5.41) is 26.9. The van der Waals surface area contributed by atoms with Gasteiger partial charge in [0.15, 0.2) is 0 Å². The van der Waals surface area contributed by atoms with Crippen molar-refractivity contribution in [3.8, 4) is 0 Å². The van der Waals surface area contributed by atoms with Gasteiger partial charge in [0, 0.05) is 6.42 Å². The van der Waals surface area contributed by atoms with Gasteiger partial charge in [-0.15, -0.1) is 25.3 Å². The monoisotopic (exact) mass is 184 g/mol. The van der Waals surface area contributed by atoms with Crippen molar-refractivity contribution < 1.29 is 15.3 Å². The molecule has 0 aliphatic heterocycles. The standard InChI is InChI=1S/C5H12O3S2/c1-2-3-4(6,7)5(8,9)10/h6-10H,2-3H2,1H3. The van der Waals surface area contributed by atoms with Gasteiger partial charge in [-0.25, -0.2) is 0 Å². The third kappa shape index (κ3) is 2.67. The van der Waals surface area contributed by atoms with Crippen molar-refractivity contribution in [3.05, 3.63) is 0 Å². The summed E-state index contributed by atoms with van der Waals surface area (Å²) in [6.07, 6.45) is 0.576. The minimum atomic E-state index is -2.23. The highest BCUT2D eigenvalue weighted by Crippen LogP contribution is 2.31. The molecule has 0 atom stereocenters. The van der Waals surface area contributed by atoms with E-state index < -0.39 is 10.1 Å². The van der Waals surface area contributed by atoms with E-state index in [1.807, 2.05) is 0 Å². The molecule has 0 amide bonds. The summed E-state index contributed by atoms with van der Waals surface area (Å²) in [6.45, 7) is 1.76. The molecule has 0 saturated carbocycles. The first kappa shape index (κ1) is 10.6. The topological polar surface area (TPSA) is 60.7 Å². The van der Waals surface area contributed by atoms with Gasteiger partial charge in [-0.2, -0.15) is 0 Å². The molecule has 0 unspecified atom stereocenters. The van der Waals surface area contributed by atoms with Gasteiger partial charge in [0.25, 0.3) is 0 Å². The minimum absolute atomic E-state index is 0.0382. The zero-order chi connectivity index (χ0) is 8.41. The van der Waals surface area contributed by atoms with Crippen molar-refractivity contribution in [1.29, 1.82) is 0 Å². The molecule has 0 rings (SSSR count). The summed E-state index contributed by atoms with van der Waals surface area (Å²) in [7, 11) is 0. The Hall–Kier alpha value is 0.580. The molecule has 0 aliphatic rings. The van der Waals surface area contributed by atoms with Gasteiger partial charge >= 0.3 is 0 Å². The lowest BCUT2D eigenvalue weighted by molar-refractivity contribution is -0.212. The zero-order valence-corrected chi connectivity index (χ0v) is 7.44. The van der Waals surface area contributed by atoms with Crippen LogP contribution in [0.3, 0.4) is 0 Å². The van der Waals surface area contributed by atoms with Crippen LogP contribution in [0.4, 0.5) is 0 Å². The molecule has 5 heteroatoms. The number of aliphatic hydroxyl groups is 3. The van der Waals surface area contributed by atoms with E-state index in [4.69, 9.17) is 15.3 Å². The fourth-order valence-electron chi connectivity index (χ4n) is 0.516. The highest BCUT2D eigenvalue weighted by molar-refractivity contribution is 8.00. The molecule has 0 bridgehead atoms. The smallest absolute Gasteiger partial charge is 0.212 e. The van der Waals surface area contributed by atoms with E-state index in [9.17, 15) is 0 Å². The van der Waals surface area contributed by atoms with E-state index in [0.29, 0.717) is 6.42 Å². The van der Waals surface area contributed by atoms with Crippen LogP contribution in [0, 0.1) is 0 Å². The maximum atomic E-state index is 9.00. The van der Waals surface area contributed by atoms with Crippen molar-refractivity contribution >= 4 is 25.3 Å². The summed E-state index contributed by atoms with van der Waals surface area (Å²) in [5.74, 6) is -2.23. The average molecular weight is 184 g/mol. The molecule has 10 heavy (non-hydrogen) atoms. The Balaban J connectivity index is 4.10. The molecular weight excluding hydrogens is 172 g/mol. The predicted octanol–water partition coefficient (Wildman–Crippen LogP) is -0.0269. The van der Waals surface area contributed by atoms with E-state index in [0.717, 1.165) is 0 Å². The average Bonchev–Trinajstić information content (AvgIpc) is 1.61. The number of hydrogen-bond donors (Lipinski definition) is 5. The number of thiol groups is 2. The Bertz CT molecular complexity index is 108. The van der Waals surface area contributed by atoms with Crippen LogP contribution < -0.4 is 0 Å². The van der Waals surface area contributed by atoms with Gasteiger partial charge in [0.2, 0.25) is 10.1 Å². The van der Waals surface area contributed by atoms with Crippen molar-refractivity contribution in [2.24, 2.45) is 0 Å². The molecule has 0 saturated heterocycles. The van der Waals surface area contributed by atoms with Gasteiger partial charge in [0.05, 0.1) is 0 Å².